The second-order valence-corrected chi connectivity index (χ2v) is 7.22. The maximum atomic E-state index is 13.3. The molecule has 3 heterocycles. The van der Waals surface area contributed by atoms with E-state index in [4.69, 9.17) is 4.74 Å². The van der Waals surface area contributed by atoms with Crippen LogP contribution in [0.25, 0.3) is 11.5 Å². The molecule has 1 saturated heterocycles. The minimum absolute atomic E-state index is 0.0555. The quantitative estimate of drug-likeness (QED) is 0.701. The summed E-state index contributed by atoms with van der Waals surface area (Å²) in [5.41, 5.74) is 0.959. The summed E-state index contributed by atoms with van der Waals surface area (Å²) in [6.45, 7) is 2.62. The number of rotatable bonds is 5. The first-order valence-electron chi connectivity index (χ1n) is 9.73. The Morgan fingerprint density at radius 1 is 1.27 bits per heavy atom. The zero-order valence-corrected chi connectivity index (χ0v) is 16.4. The van der Waals surface area contributed by atoms with Gasteiger partial charge in [0.1, 0.15) is 17.3 Å². The van der Waals surface area contributed by atoms with Gasteiger partial charge in [-0.25, -0.2) is 9.37 Å². The van der Waals surface area contributed by atoms with Crippen molar-refractivity contribution in [2.45, 2.75) is 25.4 Å². The zero-order chi connectivity index (χ0) is 21.1. The van der Waals surface area contributed by atoms with Gasteiger partial charge in [0.2, 0.25) is 0 Å². The number of hydrogen-bond acceptors (Lipinski definition) is 5. The molecule has 0 bridgehead atoms. The summed E-state index contributed by atoms with van der Waals surface area (Å²) < 4.78 is 18.9. The molecule has 8 heteroatoms. The molecule has 7 nitrogen and oxygen atoms in total. The SMILES string of the molecule is C[C@H](Oc1cccc(F)c1)C(=O)N1CC[C@@H](c2cc(=O)[nH]c(-c3ccccn3)n2)C1. The highest BCUT2D eigenvalue weighted by atomic mass is 19.1. The first-order valence-corrected chi connectivity index (χ1v) is 9.73. The third kappa shape index (κ3) is 4.37. The third-order valence-corrected chi connectivity index (χ3v) is 5.04. The van der Waals surface area contributed by atoms with E-state index >= 15 is 0 Å². The summed E-state index contributed by atoms with van der Waals surface area (Å²) in [5, 5.41) is 0. The van der Waals surface area contributed by atoms with E-state index in [1.807, 2.05) is 6.07 Å². The molecule has 2 atom stereocenters. The van der Waals surface area contributed by atoms with Crippen molar-refractivity contribution < 1.29 is 13.9 Å². The van der Waals surface area contributed by atoms with Gasteiger partial charge >= 0.3 is 0 Å². The van der Waals surface area contributed by atoms with Crippen molar-refractivity contribution in [3.63, 3.8) is 0 Å². The van der Waals surface area contributed by atoms with Crippen LogP contribution in [0.1, 0.15) is 25.0 Å². The Balaban J connectivity index is 1.46. The van der Waals surface area contributed by atoms with Crippen molar-refractivity contribution >= 4 is 5.91 Å². The van der Waals surface area contributed by atoms with Gasteiger partial charge < -0.3 is 14.6 Å². The number of nitrogens with zero attached hydrogens (tertiary/aromatic N) is 3. The topological polar surface area (TPSA) is 88.2 Å². The maximum Gasteiger partial charge on any atom is 0.263 e. The lowest BCUT2D eigenvalue weighted by Gasteiger charge is -2.22. The summed E-state index contributed by atoms with van der Waals surface area (Å²) in [6, 6.07) is 12.6. The van der Waals surface area contributed by atoms with Crippen LogP contribution in [0.2, 0.25) is 0 Å². The standard InChI is InChI=1S/C22H21FN4O3/c1-14(30-17-6-4-5-16(23)11-17)22(29)27-10-8-15(13-27)19-12-20(28)26-21(25-19)18-7-2-3-9-24-18/h2-7,9,11-12,14-15H,8,10,13H2,1H3,(H,25,26,28)/t14-,15+/m0/s1. The van der Waals surface area contributed by atoms with Crippen LogP contribution in [-0.4, -0.2) is 45.0 Å². The number of aromatic nitrogens is 3. The number of amides is 1. The van der Waals surface area contributed by atoms with Crippen molar-refractivity contribution in [2.75, 3.05) is 13.1 Å². The van der Waals surface area contributed by atoms with Gasteiger partial charge in [-0.1, -0.05) is 12.1 Å². The fourth-order valence-electron chi connectivity index (χ4n) is 3.56. The average molecular weight is 408 g/mol. The fraction of sp³-hybridized carbons (Fsp3) is 0.273. The number of nitrogens with one attached hydrogen (secondary N) is 1. The molecule has 30 heavy (non-hydrogen) atoms. The van der Waals surface area contributed by atoms with Crippen LogP contribution < -0.4 is 10.3 Å². The monoisotopic (exact) mass is 408 g/mol. The molecule has 0 radical (unpaired) electrons. The fourth-order valence-corrected chi connectivity index (χ4v) is 3.56. The molecule has 1 aliphatic rings. The van der Waals surface area contributed by atoms with Gasteiger partial charge in [-0.15, -0.1) is 0 Å². The zero-order valence-electron chi connectivity index (χ0n) is 16.4. The van der Waals surface area contributed by atoms with Gasteiger partial charge in [0.05, 0.1) is 5.69 Å². The molecule has 3 aromatic rings. The predicted molar refractivity (Wildman–Crippen MR) is 109 cm³/mol. The minimum Gasteiger partial charge on any atom is -0.481 e. The Kier molecular flexibility index (Phi) is 5.56. The second kappa shape index (κ2) is 8.44. The van der Waals surface area contributed by atoms with Crippen LogP contribution in [-0.2, 0) is 4.79 Å². The first kappa shape index (κ1) is 19.8. The maximum absolute atomic E-state index is 13.3. The average Bonchev–Trinajstić information content (AvgIpc) is 3.24. The summed E-state index contributed by atoms with van der Waals surface area (Å²) in [5.74, 6) is 0.0580. The van der Waals surface area contributed by atoms with Crippen molar-refractivity contribution in [1.29, 1.82) is 0 Å². The molecule has 2 aromatic heterocycles. The molecule has 0 unspecified atom stereocenters. The number of aromatic amines is 1. The smallest absolute Gasteiger partial charge is 0.263 e. The summed E-state index contributed by atoms with van der Waals surface area (Å²) in [4.78, 5) is 38.1. The van der Waals surface area contributed by atoms with Crippen LogP contribution in [0, 0.1) is 5.82 Å². The number of H-pyrrole nitrogens is 1. The number of ether oxygens (including phenoxy) is 1. The van der Waals surface area contributed by atoms with Crippen LogP contribution in [0.3, 0.4) is 0 Å². The van der Waals surface area contributed by atoms with Gasteiger partial charge in [0.25, 0.3) is 11.5 Å². The number of halogens is 1. The van der Waals surface area contributed by atoms with Crippen molar-refractivity contribution in [1.82, 2.24) is 19.9 Å². The van der Waals surface area contributed by atoms with E-state index in [1.165, 1.54) is 24.3 Å². The lowest BCUT2D eigenvalue weighted by molar-refractivity contribution is -0.136. The molecule has 0 saturated carbocycles. The van der Waals surface area contributed by atoms with Crippen LogP contribution >= 0.6 is 0 Å². The highest BCUT2D eigenvalue weighted by Crippen LogP contribution is 2.27. The van der Waals surface area contributed by atoms with Crippen molar-refractivity contribution in [3.05, 3.63) is 76.6 Å². The first-order chi connectivity index (χ1) is 14.5. The molecular formula is C22H21FN4O3. The normalized spacial score (nSPS) is 17.0. The van der Waals surface area contributed by atoms with Crippen LogP contribution in [0.15, 0.2) is 59.5 Å². The Hall–Kier alpha value is -3.55. The molecule has 1 aromatic carbocycles. The molecular weight excluding hydrogens is 387 g/mol. The van der Waals surface area contributed by atoms with E-state index in [0.717, 1.165) is 0 Å². The Morgan fingerprint density at radius 3 is 2.90 bits per heavy atom. The second-order valence-electron chi connectivity index (χ2n) is 7.22. The molecule has 0 aliphatic carbocycles. The molecule has 1 aliphatic heterocycles. The summed E-state index contributed by atoms with van der Waals surface area (Å²) >= 11 is 0. The van der Waals surface area contributed by atoms with Gasteiger partial charge in [-0.05, 0) is 37.6 Å². The molecule has 4 rings (SSSR count). The number of carbonyl (C=O) groups excluding carboxylic acids is 1. The molecule has 1 amide bonds. The molecule has 1 N–H and O–H groups in total. The number of likely N-dealkylation sites (tertiary alicyclic amines) is 1. The summed E-state index contributed by atoms with van der Waals surface area (Å²) in [7, 11) is 0. The number of hydrogen-bond donors (Lipinski definition) is 1. The Bertz CT molecular complexity index is 1100. The molecule has 1 fully saturated rings. The predicted octanol–water partition coefficient (Wildman–Crippen LogP) is 2.75. The lowest BCUT2D eigenvalue weighted by Crippen LogP contribution is -2.39. The van der Waals surface area contributed by atoms with Crippen LogP contribution in [0.5, 0.6) is 5.75 Å². The number of pyridine rings is 1. The van der Waals surface area contributed by atoms with Crippen LogP contribution in [0.4, 0.5) is 4.39 Å². The largest absolute Gasteiger partial charge is 0.481 e. The number of carbonyl (C=O) groups is 1. The van der Waals surface area contributed by atoms with E-state index in [9.17, 15) is 14.0 Å². The highest BCUT2D eigenvalue weighted by molar-refractivity contribution is 5.81. The van der Waals surface area contributed by atoms with E-state index in [0.29, 0.717) is 42.5 Å². The van der Waals surface area contributed by atoms with E-state index < -0.39 is 11.9 Å². The Morgan fingerprint density at radius 2 is 2.13 bits per heavy atom. The third-order valence-electron chi connectivity index (χ3n) is 5.04. The van der Waals surface area contributed by atoms with E-state index in [2.05, 4.69) is 15.0 Å². The lowest BCUT2D eigenvalue weighted by atomic mass is 10.0. The summed E-state index contributed by atoms with van der Waals surface area (Å²) in [6.07, 6.45) is 1.58. The van der Waals surface area contributed by atoms with E-state index in [-0.39, 0.29) is 17.4 Å². The van der Waals surface area contributed by atoms with Gasteiger partial charge in [-0.2, -0.15) is 0 Å². The van der Waals surface area contributed by atoms with Gasteiger partial charge in [0, 0.05) is 37.3 Å². The minimum atomic E-state index is -0.748. The molecule has 0 spiro atoms. The Labute approximate surface area is 172 Å². The van der Waals surface area contributed by atoms with Crippen molar-refractivity contribution in [2.24, 2.45) is 0 Å². The molecule has 154 valence electrons. The van der Waals surface area contributed by atoms with Crippen molar-refractivity contribution in [3.8, 4) is 17.3 Å². The number of benzene rings is 1. The van der Waals surface area contributed by atoms with E-state index in [1.54, 1.807) is 36.2 Å². The van der Waals surface area contributed by atoms with Gasteiger partial charge in [0.15, 0.2) is 11.9 Å². The highest BCUT2D eigenvalue weighted by Gasteiger charge is 2.32. The van der Waals surface area contributed by atoms with Gasteiger partial charge in [-0.3, -0.25) is 14.6 Å².